The first-order valence-corrected chi connectivity index (χ1v) is 10.6. The Kier molecular flexibility index (Phi) is 5.06. The number of nitrogens with zero attached hydrogens (tertiary/aromatic N) is 4. The van der Waals surface area contributed by atoms with E-state index >= 15 is 0 Å². The zero-order valence-corrected chi connectivity index (χ0v) is 17.1. The molecule has 4 rings (SSSR count). The Bertz CT molecular complexity index is 1210. The number of fused-ring (bicyclic) bond motifs is 1. The van der Waals surface area contributed by atoms with Crippen LogP contribution >= 0.6 is 22.7 Å². The average Bonchev–Trinajstić information content (AvgIpc) is 3.34. The number of hydrogen-bond donors (Lipinski definition) is 0. The number of aromatic nitrogens is 3. The summed E-state index contributed by atoms with van der Waals surface area (Å²) in [6, 6.07) is 9.62. The fourth-order valence-corrected chi connectivity index (χ4v) is 4.68. The Labute approximate surface area is 169 Å². The second-order valence-electron chi connectivity index (χ2n) is 6.28. The van der Waals surface area contributed by atoms with Crippen LogP contribution in [0.1, 0.15) is 25.1 Å². The van der Waals surface area contributed by atoms with Gasteiger partial charge in [-0.2, -0.15) is 0 Å². The molecule has 1 aromatic carbocycles. The monoisotopic (exact) mass is 410 g/mol. The number of anilines is 2. The molecule has 3 heterocycles. The predicted molar refractivity (Wildman–Crippen MR) is 114 cm³/mol. The molecule has 0 aliphatic carbocycles. The van der Waals surface area contributed by atoms with Crippen molar-refractivity contribution in [3.8, 4) is 0 Å². The van der Waals surface area contributed by atoms with Gasteiger partial charge in [0.15, 0.2) is 5.13 Å². The summed E-state index contributed by atoms with van der Waals surface area (Å²) in [5.41, 5.74) is 2.56. The summed E-state index contributed by atoms with van der Waals surface area (Å²) in [5.74, 6) is -0.0969. The summed E-state index contributed by atoms with van der Waals surface area (Å²) in [4.78, 5) is 36.3. The second kappa shape index (κ2) is 7.65. The van der Waals surface area contributed by atoms with Crippen molar-refractivity contribution in [2.45, 2.75) is 26.8 Å². The van der Waals surface area contributed by atoms with Crippen LogP contribution in [0, 0.1) is 0 Å². The van der Waals surface area contributed by atoms with Gasteiger partial charge < -0.3 is 0 Å². The third kappa shape index (κ3) is 3.36. The highest BCUT2D eigenvalue weighted by molar-refractivity contribution is 7.16. The molecule has 0 aliphatic heterocycles. The Morgan fingerprint density at radius 3 is 2.82 bits per heavy atom. The van der Waals surface area contributed by atoms with E-state index in [-0.39, 0.29) is 11.5 Å². The molecule has 3 aromatic heterocycles. The summed E-state index contributed by atoms with van der Waals surface area (Å²) in [6.07, 6.45) is 2.37. The minimum atomic E-state index is -0.0969. The van der Waals surface area contributed by atoms with Crippen molar-refractivity contribution in [3.05, 3.63) is 69.0 Å². The standard InChI is InChI=1S/C20H18N4O2S2/c1-3-14-6-4-5-7-17(14)24(13(2)25)20-22-15(11-28-20)10-23-12-21-18-16(19(23)26)8-9-27-18/h4-9,11-12H,3,10H2,1-2H3. The van der Waals surface area contributed by atoms with Gasteiger partial charge in [0.25, 0.3) is 5.56 Å². The molecule has 0 N–H and O–H groups in total. The van der Waals surface area contributed by atoms with Crippen molar-refractivity contribution in [1.82, 2.24) is 14.5 Å². The van der Waals surface area contributed by atoms with Gasteiger partial charge in [-0.05, 0) is 29.5 Å². The number of carbonyl (C=O) groups is 1. The number of amides is 1. The molecular formula is C20H18N4O2S2. The van der Waals surface area contributed by atoms with Gasteiger partial charge >= 0.3 is 0 Å². The Balaban J connectivity index is 1.68. The van der Waals surface area contributed by atoms with E-state index in [4.69, 9.17) is 0 Å². The highest BCUT2D eigenvalue weighted by Gasteiger charge is 2.20. The van der Waals surface area contributed by atoms with Crippen LogP contribution in [0.4, 0.5) is 10.8 Å². The predicted octanol–water partition coefficient (Wildman–Crippen LogP) is 4.21. The van der Waals surface area contributed by atoms with Gasteiger partial charge in [0.05, 0.1) is 29.6 Å². The van der Waals surface area contributed by atoms with Crippen molar-refractivity contribution in [3.63, 3.8) is 0 Å². The van der Waals surface area contributed by atoms with Gasteiger partial charge in [0.2, 0.25) is 5.91 Å². The first kappa shape index (κ1) is 18.5. The maximum absolute atomic E-state index is 12.6. The van der Waals surface area contributed by atoms with E-state index in [1.807, 2.05) is 35.0 Å². The molecular weight excluding hydrogens is 392 g/mol. The minimum absolute atomic E-state index is 0.0828. The number of thiazole rings is 1. The lowest BCUT2D eigenvalue weighted by atomic mass is 10.1. The van der Waals surface area contributed by atoms with E-state index in [9.17, 15) is 9.59 Å². The summed E-state index contributed by atoms with van der Waals surface area (Å²) < 4.78 is 1.55. The molecule has 0 bridgehead atoms. The molecule has 0 fully saturated rings. The first-order chi connectivity index (χ1) is 13.6. The molecule has 0 atom stereocenters. The van der Waals surface area contributed by atoms with Gasteiger partial charge in [-0.3, -0.25) is 19.1 Å². The molecule has 0 aliphatic rings. The fourth-order valence-electron chi connectivity index (χ4n) is 3.09. The van der Waals surface area contributed by atoms with Gasteiger partial charge in [-0.15, -0.1) is 22.7 Å². The number of hydrogen-bond acceptors (Lipinski definition) is 6. The van der Waals surface area contributed by atoms with Crippen LogP contribution in [0.5, 0.6) is 0 Å². The Morgan fingerprint density at radius 1 is 1.21 bits per heavy atom. The molecule has 4 aromatic rings. The SMILES string of the molecule is CCc1ccccc1N(C(C)=O)c1nc(Cn2cnc3sccc3c2=O)cs1. The molecule has 0 spiro atoms. The lowest BCUT2D eigenvalue weighted by Gasteiger charge is -2.21. The topological polar surface area (TPSA) is 68.1 Å². The van der Waals surface area contributed by atoms with Crippen molar-refractivity contribution < 1.29 is 4.79 Å². The van der Waals surface area contributed by atoms with E-state index in [0.717, 1.165) is 28.2 Å². The zero-order chi connectivity index (χ0) is 19.7. The summed E-state index contributed by atoms with van der Waals surface area (Å²) >= 11 is 2.84. The maximum atomic E-state index is 12.6. The minimum Gasteiger partial charge on any atom is -0.293 e. The quantitative estimate of drug-likeness (QED) is 0.494. The number of para-hydroxylation sites is 1. The molecule has 0 unspecified atom stereocenters. The number of benzene rings is 1. The van der Waals surface area contributed by atoms with Crippen molar-refractivity contribution in [1.29, 1.82) is 0 Å². The van der Waals surface area contributed by atoms with E-state index in [1.54, 1.807) is 21.9 Å². The molecule has 0 saturated heterocycles. The van der Waals surface area contributed by atoms with Crippen LogP contribution in [0.2, 0.25) is 0 Å². The molecule has 6 nitrogen and oxygen atoms in total. The van der Waals surface area contributed by atoms with E-state index in [1.165, 1.54) is 29.6 Å². The van der Waals surface area contributed by atoms with Crippen molar-refractivity contribution in [2.24, 2.45) is 0 Å². The maximum Gasteiger partial charge on any atom is 0.262 e. The molecule has 0 radical (unpaired) electrons. The summed E-state index contributed by atoms with van der Waals surface area (Å²) in [7, 11) is 0. The van der Waals surface area contributed by atoms with Crippen LogP contribution in [-0.4, -0.2) is 20.4 Å². The van der Waals surface area contributed by atoms with Crippen LogP contribution in [0.25, 0.3) is 10.2 Å². The van der Waals surface area contributed by atoms with Crippen LogP contribution in [-0.2, 0) is 17.8 Å². The van der Waals surface area contributed by atoms with Gasteiger partial charge in [-0.1, -0.05) is 25.1 Å². The van der Waals surface area contributed by atoms with Crippen LogP contribution in [0.3, 0.4) is 0 Å². The van der Waals surface area contributed by atoms with Gasteiger partial charge in [-0.25, -0.2) is 9.97 Å². The van der Waals surface area contributed by atoms with E-state index in [2.05, 4.69) is 16.9 Å². The molecule has 8 heteroatoms. The van der Waals surface area contributed by atoms with E-state index < -0.39 is 0 Å². The lowest BCUT2D eigenvalue weighted by Crippen LogP contribution is -2.24. The van der Waals surface area contributed by atoms with Crippen molar-refractivity contribution in [2.75, 3.05) is 4.90 Å². The first-order valence-electron chi connectivity index (χ1n) is 8.84. The zero-order valence-electron chi connectivity index (χ0n) is 15.5. The summed E-state index contributed by atoms with van der Waals surface area (Å²) in [6.45, 7) is 3.91. The normalized spacial score (nSPS) is 11.1. The Hall–Kier alpha value is -2.84. The molecule has 1 amide bonds. The lowest BCUT2D eigenvalue weighted by molar-refractivity contribution is -0.115. The number of carbonyl (C=O) groups excluding carboxylic acids is 1. The van der Waals surface area contributed by atoms with Crippen LogP contribution in [0.15, 0.2) is 52.2 Å². The smallest absolute Gasteiger partial charge is 0.262 e. The largest absolute Gasteiger partial charge is 0.293 e. The average molecular weight is 411 g/mol. The second-order valence-corrected chi connectivity index (χ2v) is 8.01. The Morgan fingerprint density at radius 2 is 2.04 bits per heavy atom. The van der Waals surface area contributed by atoms with Crippen molar-refractivity contribution >= 4 is 49.6 Å². The van der Waals surface area contributed by atoms with Crippen LogP contribution < -0.4 is 10.5 Å². The third-order valence-corrected chi connectivity index (χ3v) is 6.14. The molecule has 0 saturated carbocycles. The number of thiophene rings is 1. The van der Waals surface area contributed by atoms with Gasteiger partial charge in [0, 0.05) is 12.3 Å². The third-order valence-electron chi connectivity index (χ3n) is 4.44. The van der Waals surface area contributed by atoms with E-state index in [0.29, 0.717) is 17.1 Å². The molecule has 28 heavy (non-hydrogen) atoms. The highest BCUT2D eigenvalue weighted by Crippen LogP contribution is 2.31. The molecule has 142 valence electrons. The van der Waals surface area contributed by atoms with Gasteiger partial charge in [0.1, 0.15) is 4.83 Å². The fraction of sp³-hybridized carbons (Fsp3) is 0.200. The number of aryl methyl sites for hydroxylation is 1. The number of rotatable bonds is 5. The highest BCUT2D eigenvalue weighted by atomic mass is 32.1. The summed E-state index contributed by atoms with van der Waals surface area (Å²) in [5, 5.41) is 4.95.